The van der Waals surface area contributed by atoms with Crippen LogP contribution in [0.3, 0.4) is 0 Å². The second kappa shape index (κ2) is 9.20. The van der Waals surface area contributed by atoms with Crippen molar-refractivity contribution in [1.82, 2.24) is 20.8 Å². The van der Waals surface area contributed by atoms with Crippen LogP contribution in [0.25, 0.3) is 0 Å². The average molecular weight is 328 g/mol. The fourth-order valence-corrected chi connectivity index (χ4v) is 2.74. The Morgan fingerprint density at radius 3 is 2.33 bits per heavy atom. The molecular formula is C18H28N6. The Hall–Kier alpha value is -2.18. The number of nitrogens with one attached hydrogen (secondary N) is 2. The molecule has 0 atom stereocenters. The minimum atomic E-state index is 0.987. The number of nitrogens with zero attached hydrogens (tertiary/aromatic N) is 4. The quantitative estimate of drug-likeness (QED) is 0.773. The maximum absolute atomic E-state index is 4.29. The first-order valence-electron chi connectivity index (χ1n) is 8.57. The molecule has 0 saturated heterocycles. The van der Waals surface area contributed by atoms with E-state index >= 15 is 0 Å². The Kier molecular flexibility index (Phi) is 6.96. The highest BCUT2D eigenvalue weighted by Crippen LogP contribution is 2.19. The zero-order chi connectivity index (χ0) is 17.4. The Balaban J connectivity index is 0.000000158. The molecule has 0 saturated carbocycles. The van der Waals surface area contributed by atoms with Gasteiger partial charge < -0.3 is 10.0 Å². The number of hydrogen-bond donors (Lipinski definition) is 2. The third kappa shape index (κ3) is 4.43. The number of anilines is 2. The molecule has 6 heteroatoms. The van der Waals surface area contributed by atoms with Crippen molar-refractivity contribution in [3.63, 3.8) is 0 Å². The highest BCUT2D eigenvalue weighted by Gasteiger charge is 2.12. The van der Waals surface area contributed by atoms with Crippen LogP contribution in [-0.2, 0) is 12.8 Å². The molecule has 4 heterocycles. The molecule has 2 N–H and O–H groups in total. The summed E-state index contributed by atoms with van der Waals surface area (Å²) in [6.45, 7) is 6.00. The Morgan fingerprint density at radius 2 is 1.62 bits per heavy atom. The number of aromatic nitrogens is 2. The third-order valence-corrected chi connectivity index (χ3v) is 3.92. The number of hydrogen-bond acceptors (Lipinski definition) is 6. The van der Waals surface area contributed by atoms with E-state index in [0.29, 0.717) is 0 Å². The molecule has 24 heavy (non-hydrogen) atoms. The van der Waals surface area contributed by atoms with Gasteiger partial charge in [-0.15, -0.1) is 0 Å². The topological polar surface area (TPSA) is 56.3 Å². The molecule has 0 radical (unpaired) electrons. The van der Waals surface area contributed by atoms with Crippen molar-refractivity contribution >= 4 is 11.4 Å². The maximum Gasteiger partial charge on any atom is 0.0732 e. The monoisotopic (exact) mass is 328 g/mol. The minimum absolute atomic E-state index is 0.987. The summed E-state index contributed by atoms with van der Waals surface area (Å²) in [5, 5.41) is 4.06. The van der Waals surface area contributed by atoms with Crippen LogP contribution in [-0.4, -0.2) is 37.2 Å². The second-order valence-electron chi connectivity index (χ2n) is 5.41. The fourth-order valence-electron chi connectivity index (χ4n) is 2.74. The van der Waals surface area contributed by atoms with Crippen LogP contribution in [0.4, 0.5) is 11.4 Å². The lowest BCUT2D eigenvalue weighted by Crippen LogP contribution is -2.40. The van der Waals surface area contributed by atoms with E-state index in [1.54, 1.807) is 0 Å². The number of rotatable bonds is 0. The Labute approximate surface area is 144 Å². The first kappa shape index (κ1) is 18.2. The van der Waals surface area contributed by atoms with Crippen molar-refractivity contribution in [2.75, 3.05) is 37.2 Å². The highest BCUT2D eigenvalue weighted by atomic mass is 15.5. The molecule has 0 bridgehead atoms. The Morgan fingerprint density at radius 1 is 0.917 bits per heavy atom. The average Bonchev–Trinajstić information content (AvgIpc) is 2.65. The lowest BCUT2D eigenvalue weighted by molar-refractivity contribution is 0.630. The smallest absolute Gasteiger partial charge is 0.0732 e. The summed E-state index contributed by atoms with van der Waals surface area (Å²) in [7, 11) is 4.04. The van der Waals surface area contributed by atoms with Gasteiger partial charge in [0.25, 0.3) is 0 Å². The number of fused-ring (bicyclic) bond motifs is 2. The van der Waals surface area contributed by atoms with Gasteiger partial charge in [0.05, 0.1) is 17.1 Å². The van der Waals surface area contributed by atoms with Crippen LogP contribution in [0, 0.1) is 0 Å². The molecule has 0 spiro atoms. The van der Waals surface area contributed by atoms with E-state index in [1.807, 2.05) is 68.7 Å². The normalized spacial score (nSPS) is 15.2. The van der Waals surface area contributed by atoms with Gasteiger partial charge in [-0.05, 0) is 30.2 Å². The zero-order valence-corrected chi connectivity index (χ0v) is 15.1. The molecule has 0 unspecified atom stereocenters. The fraction of sp³-hybridized carbons (Fsp3) is 0.444. The molecular weight excluding hydrogens is 300 g/mol. The first-order valence-corrected chi connectivity index (χ1v) is 8.57. The van der Waals surface area contributed by atoms with Gasteiger partial charge in [0, 0.05) is 52.2 Å². The van der Waals surface area contributed by atoms with Crippen LogP contribution in [0.2, 0.25) is 0 Å². The molecule has 2 aromatic heterocycles. The van der Waals surface area contributed by atoms with Gasteiger partial charge in [0.15, 0.2) is 0 Å². The zero-order valence-electron chi connectivity index (χ0n) is 15.1. The predicted molar refractivity (Wildman–Crippen MR) is 100 cm³/mol. The van der Waals surface area contributed by atoms with Gasteiger partial charge >= 0.3 is 0 Å². The van der Waals surface area contributed by atoms with Crippen LogP contribution in [0.15, 0.2) is 36.8 Å². The molecule has 0 aliphatic carbocycles. The number of hydrazine groups is 2. The Bertz CT molecular complexity index is 575. The van der Waals surface area contributed by atoms with Gasteiger partial charge in [-0.25, -0.2) is 10.9 Å². The molecule has 130 valence electrons. The molecule has 0 fully saturated rings. The van der Waals surface area contributed by atoms with Crippen LogP contribution in [0.5, 0.6) is 0 Å². The standard InChI is InChI=1S/2C8H11N3.C2H6/c1-11-8-3-4-9-6-7(8)2-5-10-11;1-11-8-3-2-5-9-7(8)4-6-10-11;1-2/h3-4,6,10H,2,5H2,1H3;2-3,5,10H,4,6H2,1H3;1-2H3. The van der Waals surface area contributed by atoms with Crippen molar-refractivity contribution < 1.29 is 0 Å². The predicted octanol–water partition coefficient (Wildman–Crippen LogP) is 2.18. The summed E-state index contributed by atoms with van der Waals surface area (Å²) in [6.07, 6.45) is 7.71. The van der Waals surface area contributed by atoms with Gasteiger partial charge in [0.1, 0.15) is 0 Å². The van der Waals surface area contributed by atoms with E-state index in [4.69, 9.17) is 0 Å². The summed E-state index contributed by atoms with van der Waals surface area (Å²) in [5.41, 5.74) is 11.4. The summed E-state index contributed by atoms with van der Waals surface area (Å²) in [6, 6.07) is 6.07. The first-order chi connectivity index (χ1) is 11.8. The number of pyridine rings is 2. The van der Waals surface area contributed by atoms with Crippen LogP contribution >= 0.6 is 0 Å². The summed E-state index contributed by atoms with van der Waals surface area (Å²) in [5.74, 6) is 0. The second-order valence-corrected chi connectivity index (χ2v) is 5.41. The van der Waals surface area contributed by atoms with E-state index < -0.39 is 0 Å². The molecule has 2 aliphatic rings. The van der Waals surface area contributed by atoms with Crippen LogP contribution < -0.4 is 20.9 Å². The largest absolute Gasteiger partial charge is 0.311 e. The third-order valence-electron chi connectivity index (χ3n) is 3.92. The minimum Gasteiger partial charge on any atom is -0.311 e. The van der Waals surface area contributed by atoms with Crippen molar-refractivity contribution in [1.29, 1.82) is 0 Å². The van der Waals surface area contributed by atoms with Crippen molar-refractivity contribution in [2.45, 2.75) is 26.7 Å². The molecule has 0 aromatic carbocycles. The molecule has 6 nitrogen and oxygen atoms in total. The van der Waals surface area contributed by atoms with E-state index in [1.165, 1.54) is 22.6 Å². The van der Waals surface area contributed by atoms with E-state index in [9.17, 15) is 0 Å². The van der Waals surface area contributed by atoms with E-state index in [2.05, 4.69) is 26.9 Å². The maximum atomic E-state index is 4.29. The summed E-state index contributed by atoms with van der Waals surface area (Å²) in [4.78, 5) is 8.37. The molecule has 4 rings (SSSR count). The van der Waals surface area contributed by atoms with Crippen LogP contribution in [0.1, 0.15) is 25.1 Å². The van der Waals surface area contributed by atoms with Crippen molar-refractivity contribution in [2.24, 2.45) is 0 Å². The van der Waals surface area contributed by atoms with Gasteiger partial charge in [-0.3, -0.25) is 9.97 Å². The lowest BCUT2D eigenvalue weighted by Gasteiger charge is -2.27. The molecule has 2 aliphatic heterocycles. The van der Waals surface area contributed by atoms with Gasteiger partial charge in [-0.2, -0.15) is 0 Å². The molecule has 0 amide bonds. The summed E-state index contributed by atoms with van der Waals surface area (Å²) >= 11 is 0. The van der Waals surface area contributed by atoms with E-state index in [0.717, 1.165) is 25.9 Å². The van der Waals surface area contributed by atoms with Gasteiger partial charge in [0.2, 0.25) is 0 Å². The van der Waals surface area contributed by atoms with Crippen molar-refractivity contribution in [3.8, 4) is 0 Å². The lowest BCUT2D eigenvalue weighted by atomic mass is 10.1. The van der Waals surface area contributed by atoms with Gasteiger partial charge in [-0.1, -0.05) is 13.8 Å². The molecule has 2 aromatic rings. The summed E-state index contributed by atoms with van der Waals surface area (Å²) < 4.78 is 0. The highest BCUT2D eigenvalue weighted by molar-refractivity contribution is 5.52. The van der Waals surface area contributed by atoms with Crippen molar-refractivity contribution in [3.05, 3.63) is 48.0 Å². The SMILES string of the molecule is CC.CN1NCCc2cnccc21.CN1NCCc2ncccc21. The van der Waals surface area contributed by atoms with E-state index in [-0.39, 0.29) is 0 Å².